The van der Waals surface area contributed by atoms with Crippen LogP contribution in [0.25, 0.3) is 0 Å². The number of thioether (sulfide) groups is 2. The van der Waals surface area contributed by atoms with Gasteiger partial charge in [0.2, 0.25) is 0 Å². The highest BCUT2D eigenvalue weighted by molar-refractivity contribution is 8.17. The summed E-state index contributed by atoms with van der Waals surface area (Å²) in [5.41, 5.74) is -0.333. The van der Waals surface area contributed by atoms with Crippen molar-refractivity contribution in [1.29, 1.82) is 0 Å². The third-order valence-corrected chi connectivity index (χ3v) is 14.3. The molecule has 3 atom stereocenters. The van der Waals surface area contributed by atoms with Crippen LogP contribution in [0.4, 0.5) is 0 Å². The second-order valence-electron chi connectivity index (χ2n) is 10.0. The molecular formula is C22H42O2S2Si. The molecule has 2 nitrogen and oxygen atoms in total. The molecule has 5 heteroatoms. The van der Waals surface area contributed by atoms with Crippen LogP contribution in [0.2, 0.25) is 18.1 Å². The predicted molar refractivity (Wildman–Crippen MR) is 127 cm³/mol. The van der Waals surface area contributed by atoms with E-state index in [-0.39, 0.29) is 28.4 Å². The number of hydrogen-bond acceptors (Lipinski definition) is 4. The van der Waals surface area contributed by atoms with E-state index >= 15 is 0 Å². The molecule has 0 aromatic carbocycles. The standard InChI is InChI=1S/C22H42O2S2Si/c1-11-13-16(2)18(24-27(9,10)21(4,5)6)17(3)19(23)22(7,8)20-25-14-12-15-26-20/h11,13,16-18,20H,12,14-15H2,1-10H3/b13-11+/t16-,17+,18+/m0/s1. The van der Waals surface area contributed by atoms with Gasteiger partial charge < -0.3 is 4.43 Å². The highest BCUT2D eigenvalue weighted by Gasteiger charge is 2.46. The van der Waals surface area contributed by atoms with Crippen molar-refractivity contribution in [1.82, 2.24) is 0 Å². The molecule has 0 spiro atoms. The lowest BCUT2D eigenvalue weighted by Crippen LogP contribution is -2.50. The van der Waals surface area contributed by atoms with Gasteiger partial charge >= 0.3 is 0 Å². The molecule has 0 aliphatic carbocycles. The van der Waals surface area contributed by atoms with Crippen molar-refractivity contribution in [3.05, 3.63) is 12.2 Å². The Kier molecular flexibility index (Phi) is 9.25. The Morgan fingerprint density at radius 2 is 1.63 bits per heavy atom. The lowest BCUT2D eigenvalue weighted by atomic mass is 9.78. The summed E-state index contributed by atoms with van der Waals surface area (Å²) in [5.74, 6) is 2.81. The zero-order chi connectivity index (χ0) is 21.0. The third kappa shape index (κ3) is 6.38. The van der Waals surface area contributed by atoms with Crippen molar-refractivity contribution >= 4 is 37.6 Å². The molecule has 1 rings (SSSR count). The highest BCUT2D eigenvalue weighted by atomic mass is 32.2. The quantitative estimate of drug-likeness (QED) is 0.305. The van der Waals surface area contributed by atoms with Gasteiger partial charge in [0.05, 0.1) is 10.7 Å². The van der Waals surface area contributed by atoms with Gasteiger partial charge in [-0.15, -0.1) is 23.5 Å². The average Bonchev–Trinajstić information content (AvgIpc) is 2.58. The van der Waals surface area contributed by atoms with Gasteiger partial charge in [-0.1, -0.05) is 60.6 Å². The van der Waals surface area contributed by atoms with E-state index in [0.717, 1.165) is 0 Å². The summed E-state index contributed by atoms with van der Waals surface area (Å²) >= 11 is 3.92. The first-order valence-corrected chi connectivity index (χ1v) is 15.3. The van der Waals surface area contributed by atoms with Crippen molar-refractivity contribution in [2.75, 3.05) is 11.5 Å². The molecule has 1 aliphatic heterocycles. The summed E-state index contributed by atoms with van der Waals surface area (Å²) in [6.07, 6.45) is 5.47. The van der Waals surface area contributed by atoms with Crippen LogP contribution in [0.5, 0.6) is 0 Å². The summed E-state index contributed by atoms with van der Waals surface area (Å²) in [4.78, 5) is 13.6. The molecule has 0 saturated carbocycles. The molecule has 0 unspecified atom stereocenters. The zero-order valence-electron chi connectivity index (χ0n) is 19.2. The Hall–Kier alpha value is 0.287. The molecule has 1 heterocycles. The van der Waals surface area contributed by atoms with E-state index in [1.165, 1.54) is 17.9 Å². The van der Waals surface area contributed by atoms with E-state index in [1.54, 1.807) is 0 Å². The summed E-state index contributed by atoms with van der Waals surface area (Å²) in [6.45, 7) is 22.0. The first kappa shape index (κ1) is 25.3. The van der Waals surface area contributed by atoms with Crippen molar-refractivity contribution < 1.29 is 9.22 Å². The zero-order valence-corrected chi connectivity index (χ0v) is 21.9. The summed E-state index contributed by atoms with van der Waals surface area (Å²) in [6, 6.07) is 0. The highest BCUT2D eigenvalue weighted by Crippen LogP contribution is 2.46. The number of rotatable bonds is 8. The first-order valence-electron chi connectivity index (χ1n) is 10.3. The maximum absolute atomic E-state index is 13.6. The molecule has 0 N–H and O–H groups in total. The van der Waals surface area contributed by atoms with Crippen LogP contribution in [0.1, 0.15) is 61.8 Å². The second-order valence-corrected chi connectivity index (χ2v) is 17.5. The number of carbonyl (C=O) groups is 1. The van der Waals surface area contributed by atoms with Crippen molar-refractivity contribution in [3.8, 4) is 0 Å². The molecule has 0 amide bonds. The van der Waals surface area contributed by atoms with E-state index in [9.17, 15) is 4.79 Å². The van der Waals surface area contributed by atoms with Gasteiger partial charge in [-0.3, -0.25) is 4.79 Å². The summed E-state index contributed by atoms with van der Waals surface area (Å²) < 4.78 is 7.19. The normalized spacial score (nSPS) is 21.3. The molecule has 0 aromatic rings. The van der Waals surface area contributed by atoms with Crippen LogP contribution in [-0.2, 0) is 9.22 Å². The fourth-order valence-electron chi connectivity index (χ4n) is 3.35. The molecular weight excluding hydrogens is 388 g/mol. The average molecular weight is 431 g/mol. The number of allylic oxidation sites excluding steroid dienone is 1. The largest absolute Gasteiger partial charge is 0.413 e. The third-order valence-electron chi connectivity index (χ3n) is 6.21. The molecule has 1 aliphatic rings. The summed E-state index contributed by atoms with van der Waals surface area (Å²) in [5, 5.41) is 0.133. The smallest absolute Gasteiger partial charge is 0.192 e. The lowest BCUT2D eigenvalue weighted by molar-refractivity contribution is -0.133. The van der Waals surface area contributed by atoms with E-state index in [2.05, 4.69) is 73.7 Å². The number of hydrogen-bond donors (Lipinski definition) is 0. The Balaban J connectivity index is 3.11. The Bertz CT molecular complexity index is 517. The van der Waals surface area contributed by atoms with E-state index in [0.29, 0.717) is 10.4 Å². The van der Waals surface area contributed by atoms with Gasteiger partial charge in [0.1, 0.15) is 5.78 Å². The van der Waals surface area contributed by atoms with E-state index < -0.39 is 8.32 Å². The fourth-order valence-corrected chi connectivity index (χ4v) is 8.06. The molecule has 27 heavy (non-hydrogen) atoms. The molecule has 0 bridgehead atoms. The van der Waals surface area contributed by atoms with Gasteiger partial charge in [0.25, 0.3) is 0 Å². The molecule has 1 fully saturated rings. The SMILES string of the molecule is C/C=C/[C@H](C)[C@@H](O[Si](C)(C)C(C)(C)C)[C@@H](C)C(=O)C(C)(C)C1SCCCS1. The fraction of sp³-hybridized carbons (Fsp3) is 0.864. The summed E-state index contributed by atoms with van der Waals surface area (Å²) in [7, 11) is -1.96. The number of carbonyl (C=O) groups excluding carboxylic acids is 1. The predicted octanol–water partition coefficient (Wildman–Crippen LogP) is 7.02. The minimum Gasteiger partial charge on any atom is -0.413 e. The van der Waals surface area contributed by atoms with Crippen molar-refractivity contribution in [2.24, 2.45) is 17.3 Å². The number of ketones is 1. The van der Waals surface area contributed by atoms with Gasteiger partial charge in [0.15, 0.2) is 8.32 Å². The van der Waals surface area contributed by atoms with Crippen LogP contribution >= 0.6 is 23.5 Å². The van der Waals surface area contributed by atoms with Gasteiger partial charge in [0, 0.05) is 11.3 Å². The van der Waals surface area contributed by atoms with Crippen LogP contribution < -0.4 is 0 Å². The van der Waals surface area contributed by atoms with Crippen LogP contribution in [-0.4, -0.2) is 36.3 Å². The van der Waals surface area contributed by atoms with Crippen LogP contribution in [0, 0.1) is 17.3 Å². The Labute approximate surface area is 178 Å². The van der Waals surface area contributed by atoms with Gasteiger partial charge in [-0.25, -0.2) is 0 Å². The topological polar surface area (TPSA) is 26.3 Å². The van der Waals surface area contributed by atoms with Crippen LogP contribution in [0.3, 0.4) is 0 Å². The van der Waals surface area contributed by atoms with Gasteiger partial charge in [-0.2, -0.15) is 0 Å². The maximum atomic E-state index is 13.6. The Morgan fingerprint density at radius 3 is 2.07 bits per heavy atom. The van der Waals surface area contributed by atoms with Crippen molar-refractivity contribution in [3.63, 3.8) is 0 Å². The van der Waals surface area contributed by atoms with Crippen molar-refractivity contribution in [2.45, 2.75) is 90.6 Å². The molecule has 1 saturated heterocycles. The molecule has 0 radical (unpaired) electrons. The van der Waals surface area contributed by atoms with E-state index in [1.807, 2.05) is 30.4 Å². The monoisotopic (exact) mass is 430 g/mol. The molecule has 0 aromatic heterocycles. The molecule has 158 valence electrons. The minimum atomic E-state index is -1.96. The number of Topliss-reactive ketones (excluding diaryl/α,β-unsaturated/α-hetero) is 1. The van der Waals surface area contributed by atoms with E-state index in [4.69, 9.17) is 4.43 Å². The first-order chi connectivity index (χ1) is 12.3. The van der Waals surface area contributed by atoms with Crippen LogP contribution in [0.15, 0.2) is 12.2 Å². The van der Waals surface area contributed by atoms with Gasteiger partial charge in [-0.05, 0) is 48.9 Å². The lowest BCUT2D eigenvalue weighted by Gasteiger charge is -2.44. The Morgan fingerprint density at radius 1 is 1.11 bits per heavy atom. The maximum Gasteiger partial charge on any atom is 0.192 e. The second kappa shape index (κ2) is 9.86. The minimum absolute atomic E-state index is 0.0625.